The number of aromatic nitrogens is 6. The highest BCUT2D eigenvalue weighted by molar-refractivity contribution is 6.31. The van der Waals surface area contributed by atoms with Crippen LogP contribution in [0.3, 0.4) is 0 Å². The summed E-state index contributed by atoms with van der Waals surface area (Å²) in [6.45, 7) is 3.92. The Morgan fingerprint density at radius 2 is 1.68 bits per heavy atom. The first-order valence-electron chi connectivity index (χ1n) is 17.2. The molecule has 3 aromatic carbocycles. The lowest BCUT2D eigenvalue weighted by molar-refractivity contribution is -0.138. The smallest absolute Gasteiger partial charge is 0.263 e. The van der Waals surface area contributed by atoms with Crippen LogP contribution in [-0.4, -0.2) is 82.2 Å². The molecule has 1 aliphatic heterocycles. The van der Waals surface area contributed by atoms with Crippen molar-refractivity contribution in [1.29, 1.82) is 0 Å². The maximum Gasteiger partial charge on any atom is 0.263 e. The van der Waals surface area contributed by atoms with Crippen molar-refractivity contribution in [2.24, 2.45) is 0 Å². The summed E-state index contributed by atoms with van der Waals surface area (Å²) < 4.78 is 3.22. The molecule has 7 rings (SSSR count). The van der Waals surface area contributed by atoms with E-state index in [-0.39, 0.29) is 42.0 Å². The minimum absolute atomic E-state index is 0.0237. The lowest BCUT2D eigenvalue weighted by Gasteiger charge is -2.34. The number of carbonyl (C=O) groups is 2. The molecule has 0 aliphatic carbocycles. The Bertz CT molecular complexity index is 2480. The number of unbranched alkanes of at least 4 members (excludes halogenated alkanes) is 1. The van der Waals surface area contributed by atoms with Crippen LogP contribution in [0.5, 0.6) is 5.75 Å². The van der Waals surface area contributed by atoms with Crippen molar-refractivity contribution in [3.63, 3.8) is 0 Å². The number of phenols is 1. The van der Waals surface area contributed by atoms with Gasteiger partial charge in [-0.3, -0.25) is 19.0 Å². The molecular formula is C39H36ClN9O4. The largest absolute Gasteiger partial charge is 0.508 e. The standard InChI is InChI=1S/C39H36ClN9O4/c1-25(50)46-18-20-47(21-19-46)33(52)13-4-2-3-8-26-10-7-12-31-34(26)39(53)48(22-28-9-5-6-11-30(28)40)32(44-31)23-49-38-35(37(41)42-24-43-38)36(45-49)27-14-16-29(51)17-15-27/h5-7,9-12,14-17,24,51H,2,4,13,18-23H2,1H3,(H2,41,42,43). The van der Waals surface area contributed by atoms with E-state index in [2.05, 4.69) is 21.8 Å². The van der Waals surface area contributed by atoms with Crippen molar-refractivity contribution >= 4 is 51.2 Å². The van der Waals surface area contributed by atoms with Gasteiger partial charge in [-0.15, -0.1) is 0 Å². The van der Waals surface area contributed by atoms with E-state index in [0.29, 0.717) is 95.0 Å². The van der Waals surface area contributed by atoms with Crippen LogP contribution in [0, 0.1) is 11.8 Å². The van der Waals surface area contributed by atoms with Crippen molar-refractivity contribution < 1.29 is 14.7 Å². The van der Waals surface area contributed by atoms with E-state index < -0.39 is 0 Å². The summed E-state index contributed by atoms with van der Waals surface area (Å²) in [5, 5.41) is 16.1. The lowest BCUT2D eigenvalue weighted by Crippen LogP contribution is -2.50. The number of nitrogen functional groups attached to an aromatic ring is 1. The number of nitrogens with zero attached hydrogens (tertiary/aromatic N) is 8. The molecule has 0 atom stereocenters. The zero-order valence-electron chi connectivity index (χ0n) is 29.0. The van der Waals surface area contributed by atoms with Gasteiger partial charge in [0.2, 0.25) is 11.8 Å². The van der Waals surface area contributed by atoms with Crippen molar-refractivity contribution in [2.45, 2.75) is 39.3 Å². The molecule has 4 heterocycles. The van der Waals surface area contributed by atoms with Gasteiger partial charge in [0.1, 0.15) is 36.0 Å². The van der Waals surface area contributed by atoms with Gasteiger partial charge in [-0.25, -0.2) is 19.6 Å². The van der Waals surface area contributed by atoms with Gasteiger partial charge in [-0.05, 0) is 54.4 Å². The number of nitrogens with two attached hydrogens (primary N) is 1. The molecule has 0 bridgehead atoms. The van der Waals surface area contributed by atoms with Gasteiger partial charge >= 0.3 is 0 Å². The molecule has 1 aliphatic rings. The third-order valence-corrected chi connectivity index (χ3v) is 9.70. The Labute approximate surface area is 309 Å². The molecule has 268 valence electrons. The number of piperazine rings is 1. The highest BCUT2D eigenvalue weighted by atomic mass is 35.5. The molecule has 0 saturated carbocycles. The van der Waals surface area contributed by atoms with Gasteiger partial charge in [0.05, 0.1) is 22.8 Å². The lowest BCUT2D eigenvalue weighted by atomic mass is 10.1. The number of fused-ring (bicyclic) bond motifs is 2. The number of benzene rings is 3. The molecule has 1 saturated heterocycles. The van der Waals surface area contributed by atoms with Crippen LogP contribution < -0.4 is 11.3 Å². The normalized spacial score (nSPS) is 12.9. The van der Waals surface area contributed by atoms with Gasteiger partial charge in [-0.2, -0.15) is 5.10 Å². The molecule has 3 N–H and O–H groups in total. The summed E-state index contributed by atoms with van der Waals surface area (Å²) >= 11 is 6.59. The van der Waals surface area contributed by atoms with Gasteiger partial charge in [0.15, 0.2) is 5.65 Å². The van der Waals surface area contributed by atoms with Crippen molar-refractivity contribution in [1.82, 2.24) is 39.1 Å². The third kappa shape index (κ3) is 7.40. The first kappa shape index (κ1) is 35.2. The monoisotopic (exact) mass is 729 g/mol. The quantitative estimate of drug-likeness (QED) is 0.170. The first-order chi connectivity index (χ1) is 25.7. The van der Waals surface area contributed by atoms with E-state index in [1.807, 2.05) is 24.3 Å². The van der Waals surface area contributed by atoms with Crippen molar-refractivity contribution in [3.8, 4) is 28.8 Å². The summed E-state index contributed by atoms with van der Waals surface area (Å²) in [7, 11) is 0. The molecule has 2 amide bonds. The molecule has 0 radical (unpaired) electrons. The number of carbonyl (C=O) groups excluding carboxylic acids is 2. The molecule has 3 aromatic heterocycles. The predicted molar refractivity (Wildman–Crippen MR) is 202 cm³/mol. The van der Waals surface area contributed by atoms with E-state index in [4.69, 9.17) is 27.4 Å². The third-order valence-electron chi connectivity index (χ3n) is 9.33. The number of hydrogen-bond acceptors (Lipinski definition) is 9. The molecule has 0 spiro atoms. The fourth-order valence-electron chi connectivity index (χ4n) is 6.51. The highest BCUT2D eigenvalue weighted by Gasteiger charge is 2.23. The van der Waals surface area contributed by atoms with E-state index >= 15 is 0 Å². The van der Waals surface area contributed by atoms with Crippen LogP contribution in [0.25, 0.3) is 33.2 Å². The summed E-state index contributed by atoms with van der Waals surface area (Å²) in [6, 6.07) is 19.3. The first-order valence-corrected chi connectivity index (χ1v) is 17.6. The Morgan fingerprint density at radius 3 is 2.43 bits per heavy atom. The second-order valence-corrected chi connectivity index (χ2v) is 13.2. The van der Waals surface area contributed by atoms with Crippen LogP contribution >= 0.6 is 11.6 Å². The zero-order chi connectivity index (χ0) is 37.1. The molecule has 0 unspecified atom stereocenters. The van der Waals surface area contributed by atoms with E-state index in [1.165, 1.54) is 6.33 Å². The fourth-order valence-corrected chi connectivity index (χ4v) is 6.70. The maximum atomic E-state index is 14.5. The number of aromatic hydroxyl groups is 1. The number of rotatable bonds is 8. The average Bonchev–Trinajstić information content (AvgIpc) is 3.53. The van der Waals surface area contributed by atoms with E-state index in [1.54, 1.807) is 68.4 Å². The Hall–Kier alpha value is -6.26. The van der Waals surface area contributed by atoms with Gasteiger partial charge in [0.25, 0.3) is 5.56 Å². The van der Waals surface area contributed by atoms with E-state index in [0.717, 1.165) is 5.56 Å². The zero-order valence-corrected chi connectivity index (χ0v) is 29.8. The molecule has 14 heteroatoms. The fraction of sp³-hybridized carbons (Fsp3) is 0.256. The summed E-state index contributed by atoms with van der Waals surface area (Å²) in [4.78, 5) is 56.1. The predicted octanol–water partition coefficient (Wildman–Crippen LogP) is 4.45. The topological polar surface area (TPSA) is 165 Å². The van der Waals surface area contributed by atoms with Gasteiger partial charge in [0, 0.05) is 62.1 Å². The second-order valence-electron chi connectivity index (χ2n) is 12.8. The molecule has 1 fully saturated rings. The average molecular weight is 730 g/mol. The van der Waals surface area contributed by atoms with Crippen molar-refractivity contribution in [3.05, 3.63) is 105 Å². The van der Waals surface area contributed by atoms with Gasteiger partial charge in [-0.1, -0.05) is 47.7 Å². The minimum Gasteiger partial charge on any atom is -0.508 e. The molecular weight excluding hydrogens is 694 g/mol. The van der Waals surface area contributed by atoms with Crippen LogP contribution in [0.15, 0.2) is 77.9 Å². The number of halogens is 1. The molecule has 13 nitrogen and oxygen atoms in total. The van der Waals surface area contributed by atoms with Crippen LogP contribution in [0.1, 0.15) is 43.1 Å². The number of hydrogen-bond donors (Lipinski definition) is 2. The summed E-state index contributed by atoms with van der Waals surface area (Å²) in [6.07, 6.45) is 2.75. The van der Waals surface area contributed by atoms with Crippen LogP contribution in [0.2, 0.25) is 5.02 Å². The number of phenolic OH excluding ortho intramolecular Hbond substituents is 1. The summed E-state index contributed by atoms with van der Waals surface area (Å²) in [5.41, 5.74) is 9.45. The Balaban J connectivity index is 1.21. The molecule has 53 heavy (non-hydrogen) atoms. The summed E-state index contributed by atoms with van der Waals surface area (Å²) in [5.74, 6) is 7.16. The van der Waals surface area contributed by atoms with Crippen LogP contribution in [0.4, 0.5) is 5.82 Å². The highest BCUT2D eigenvalue weighted by Crippen LogP contribution is 2.31. The SMILES string of the molecule is CC(=O)N1CCN(C(=O)CCCC#Cc2cccc3nc(Cn4nc(-c5ccc(O)cc5)c5c(N)ncnc54)n(Cc4ccccc4Cl)c(=O)c23)CC1. The minimum atomic E-state index is -0.293. The number of anilines is 1. The van der Waals surface area contributed by atoms with Gasteiger partial charge < -0.3 is 20.6 Å². The van der Waals surface area contributed by atoms with Crippen LogP contribution in [-0.2, 0) is 22.7 Å². The molecule has 6 aromatic rings. The maximum absolute atomic E-state index is 14.5. The number of amides is 2. The Morgan fingerprint density at radius 1 is 0.925 bits per heavy atom. The van der Waals surface area contributed by atoms with E-state index in [9.17, 15) is 19.5 Å². The Kier molecular flexibility index (Phi) is 10.0. The second kappa shape index (κ2) is 15.1. The van der Waals surface area contributed by atoms with Crippen molar-refractivity contribution in [2.75, 3.05) is 31.9 Å².